The van der Waals surface area contributed by atoms with E-state index in [2.05, 4.69) is 26.7 Å². The van der Waals surface area contributed by atoms with Crippen molar-refractivity contribution in [3.63, 3.8) is 0 Å². The van der Waals surface area contributed by atoms with Crippen LogP contribution in [0.15, 0.2) is 5.57 Å². The number of carbonyl (C=O) groups excluding carboxylic acids is 1. The molecule has 1 nitrogen and oxygen atoms in total. The van der Waals surface area contributed by atoms with Gasteiger partial charge in [-0.25, -0.2) is 4.79 Å². The Bertz CT molecular complexity index is 178. The number of rotatable bonds is 6. The molecule has 0 saturated carbocycles. The third-order valence-electron chi connectivity index (χ3n) is 2.92. The van der Waals surface area contributed by atoms with Gasteiger partial charge in [0.05, 0.1) is 0 Å². The molecule has 0 fully saturated rings. The van der Waals surface area contributed by atoms with E-state index < -0.39 is 0 Å². The molecule has 0 spiro atoms. The molecular formula is C12H22O. The minimum absolute atomic E-state index is 0.461. The lowest BCUT2D eigenvalue weighted by molar-refractivity contribution is 0.366. The molecule has 1 heteroatoms. The van der Waals surface area contributed by atoms with Crippen LogP contribution in [0.25, 0.3) is 0 Å². The second-order valence-corrected chi connectivity index (χ2v) is 3.92. The molecule has 76 valence electrons. The molecule has 0 aromatic carbocycles. The molecule has 2 unspecified atom stereocenters. The topological polar surface area (TPSA) is 17.1 Å². The van der Waals surface area contributed by atoms with Crippen molar-refractivity contribution in [3.8, 4) is 0 Å². The fourth-order valence-corrected chi connectivity index (χ4v) is 1.71. The largest absolute Gasteiger partial charge is 0.234 e. The maximum absolute atomic E-state index is 10.6. The monoisotopic (exact) mass is 182 g/mol. The second-order valence-electron chi connectivity index (χ2n) is 3.92. The zero-order chi connectivity index (χ0) is 10.3. The van der Waals surface area contributed by atoms with E-state index in [1.54, 1.807) is 0 Å². The van der Waals surface area contributed by atoms with Crippen molar-refractivity contribution in [3.05, 3.63) is 5.57 Å². The van der Waals surface area contributed by atoms with E-state index in [1.165, 1.54) is 12.8 Å². The fourth-order valence-electron chi connectivity index (χ4n) is 1.71. The van der Waals surface area contributed by atoms with Crippen LogP contribution in [0, 0.1) is 11.8 Å². The number of allylic oxidation sites excluding steroid dienone is 1. The van der Waals surface area contributed by atoms with Crippen LogP contribution in [-0.2, 0) is 4.79 Å². The van der Waals surface area contributed by atoms with Crippen molar-refractivity contribution in [1.82, 2.24) is 0 Å². The molecule has 0 aliphatic heterocycles. The highest BCUT2D eigenvalue weighted by Gasteiger charge is 2.17. The Morgan fingerprint density at radius 3 is 2.38 bits per heavy atom. The third kappa shape index (κ3) is 4.28. The molecule has 0 radical (unpaired) electrons. The van der Waals surface area contributed by atoms with Gasteiger partial charge in [0.1, 0.15) is 5.94 Å². The van der Waals surface area contributed by atoms with E-state index in [4.69, 9.17) is 0 Å². The van der Waals surface area contributed by atoms with Crippen LogP contribution in [-0.4, -0.2) is 5.94 Å². The average Bonchev–Trinajstić information content (AvgIpc) is 2.17. The van der Waals surface area contributed by atoms with Gasteiger partial charge in [-0.3, -0.25) is 0 Å². The summed E-state index contributed by atoms with van der Waals surface area (Å²) >= 11 is 0. The minimum Gasteiger partial charge on any atom is -0.234 e. The number of unbranched alkanes of at least 4 members (excludes halogenated alkanes) is 1. The smallest absolute Gasteiger partial charge is 0.123 e. The molecule has 0 aliphatic rings. The maximum atomic E-state index is 10.6. The normalized spacial score (nSPS) is 14.8. The van der Waals surface area contributed by atoms with Crippen LogP contribution in [0.2, 0.25) is 0 Å². The highest BCUT2D eigenvalue weighted by atomic mass is 16.1. The highest BCUT2D eigenvalue weighted by Crippen LogP contribution is 2.26. The zero-order valence-electron chi connectivity index (χ0n) is 9.39. The van der Waals surface area contributed by atoms with E-state index in [0.717, 1.165) is 18.4 Å². The lowest BCUT2D eigenvalue weighted by atomic mass is 9.83. The molecule has 0 amide bonds. The van der Waals surface area contributed by atoms with Gasteiger partial charge in [-0.15, -0.1) is 0 Å². The summed E-state index contributed by atoms with van der Waals surface area (Å²) in [4.78, 5) is 10.6. The van der Waals surface area contributed by atoms with E-state index in [9.17, 15) is 4.79 Å². The molecule has 0 N–H and O–H groups in total. The van der Waals surface area contributed by atoms with E-state index in [0.29, 0.717) is 11.8 Å². The van der Waals surface area contributed by atoms with Gasteiger partial charge in [0.15, 0.2) is 0 Å². The number of hydrogen-bond donors (Lipinski definition) is 0. The molecule has 2 atom stereocenters. The van der Waals surface area contributed by atoms with Crippen LogP contribution in [0.3, 0.4) is 0 Å². The van der Waals surface area contributed by atoms with Gasteiger partial charge in [-0.1, -0.05) is 40.0 Å². The second kappa shape index (κ2) is 6.91. The summed E-state index contributed by atoms with van der Waals surface area (Å²) in [5.74, 6) is 3.13. The summed E-state index contributed by atoms with van der Waals surface area (Å²) in [6.45, 7) is 8.51. The highest BCUT2D eigenvalue weighted by molar-refractivity contribution is 5.52. The minimum atomic E-state index is 0.461. The first-order valence-corrected chi connectivity index (χ1v) is 5.38. The molecular weight excluding hydrogens is 160 g/mol. The maximum Gasteiger partial charge on any atom is 0.123 e. The molecule has 0 saturated heterocycles. The molecule has 13 heavy (non-hydrogen) atoms. The van der Waals surface area contributed by atoms with Crippen molar-refractivity contribution in [2.45, 2.75) is 53.4 Å². The summed E-state index contributed by atoms with van der Waals surface area (Å²) in [5.41, 5.74) is 0.905. The lowest BCUT2D eigenvalue weighted by Crippen LogP contribution is -2.12. The Morgan fingerprint density at radius 2 is 2.00 bits per heavy atom. The first-order chi connectivity index (χ1) is 6.17. The van der Waals surface area contributed by atoms with Crippen molar-refractivity contribution >= 4 is 5.94 Å². The Kier molecular flexibility index (Phi) is 6.62. The van der Waals surface area contributed by atoms with E-state index in [1.807, 2.05) is 6.92 Å². The first kappa shape index (κ1) is 12.4. The Balaban J connectivity index is 4.27. The predicted molar refractivity (Wildman–Crippen MR) is 57.4 cm³/mol. The Labute approximate surface area is 82.2 Å². The van der Waals surface area contributed by atoms with E-state index >= 15 is 0 Å². The van der Waals surface area contributed by atoms with Crippen LogP contribution in [0.1, 0.15) is 53.4 Å². The van der Waals surface area contributed by atoms with Gasteiger partial charge < -0.3 is 0 Å². The third-order valence-corrected chi connectivity index (χ3v) is 2.92. The number of hydrogen-bond acceptors (Lipinski definition) is 1. The predicted octanol–water partition coefficient (Wildman–Crippen LogP) is 3.62. The molecule has 0 heterocycles. The van der Waals surface area contributed by atoms with Gasteiger partial charge in [0, 0.05) is 5.57 Å². The summed E-state index contributed by atoms with van der Waals surface area (Å²) in [5, 5.41) is 0. The Hall–Kier alpha value is -0.550. The molecule has 0 rings (SSSR count). The fraction of sp³-hybridized carbons (Fsp3) is 0.833. The van der Waals surface area contributed by atoms with Gasteiger partial charge in [-0.05, 0) is 25.2 Å². The van der Waals surface area contributed by atoms with Crippen molar-refractivity contribution < 1.29 is 4.79 Å². The summed E-state index contributed by atoms with van der Waals surface area (Å²) in [6.07, 6.45) is 4.72. The van der Waals surface area contributed by atoms with Crippen LogP contribution in [0.4, 0.5) is 0 Å². The lowest BCUT2D eigenvalue weighted by Gasteiger charge is -2.21. The van der Waals surface area contributed by atoms with Crippen molar-refractivity contribution in [1.29, 1.82) is 0 Å². The summed E-state index contributed by atoms with van der Waals surface area (Å²) in [6, 6.07) is 0. The zero-order valence-corrected chi connectivity index (χ0v) is 9.39. The van der Waals surface area contributed by atoms with Gasteiger partial charge in [0.25, 0.3) is 0 Å². The average molecular weight is 182 g/mol. The van der Waals surface area contributed by atoms with Gasteiger partial charge >= 0.3 is 0 Å². The van der Waals surface area contributed by atoms with Crippen molar-refractivity contribution in [2.24, 2.45) is 11.8 Å². The van der Waals surface area contributed by atoms with Crippen LogP contribution >= 0.6 is 0 Å². The van der Waals surface area contributed by atoms with Gasteiger partial charge in [-0.2, -0.15) is 0 Å². The summed E-state index contributed by atoms with van der Waals surface area (Å²) in [7, 11) is 0. The van der Waals surface area contributed by atoms with E-state index in [-0.39, 0.29) is 0 Å². The standard InChI is InChI=1S/C12H22O/c1-5-7-8-12(10(3)6-2)11(4)9-13/h10,12H,5-8H2,1-4H3. The summed E-state index contributed by atoms with van der Waals surface area (Å²) < 4.78 is 0. The first-order valence-electron chi connectivity index (χ1n) is 5.38. The molecule has 0 aromatic rings. The molecule has 0 aliphatic carbocycles. The Morgan fingerprint density at radius 1 is 1.38 bits per heavy atom. The molecule has 0 aromatic heterocycles. The van der Waals surface area contributed by atoms with Crippen LogP contribution < -0.4 is 0 Å². The van der Waals surface area contributed by atoms with Crippen molar-refractivity contribution in [2.75, 3.05) is 0 Å². The molecule has 0 bridgehead atoms. The van der Waals surface area contributed by atoms with Crippen LogP contribution in [0.5, 0.6) is 0 Å². The van der Waals surface area contributed by atoms with Gasteiger partial charge in [0.2, 0.25) is 0 Å². The SMILES string of the molecule is CCCCC(C(C)=C=O)C(C)CC. The quantitative estimate of drug-likeness (QED) is 0.573.